The maximum Gasteiger partial charge on any atom is 0.410 e. The summed E-state index contributed by atoms with van der Waals surface area (Å²) in [6, 6.07) is 9.96. The van der Waals surface area contributed by atoms with Gasteiger partial charge in [-0.2, -0.15) is 0 Å². The van der Waals surface area contributed by atoms with Crippen molar-refractivity contribution in [1.82, 2.24) is 10.2 Å². The lowest BCUT2D eigenvalue weighted by molar-refractivity contribution is 0.0364. The van der Waals surface area contributed by atoms with Crippen LogP contribution in [0.25, 0.3) is 0 Å². The van der Waals surface area contributed by atoms with Crippen LogP contribution in [0.15, 0.2) is 30.3 Å². The quantitative estimate of drug-likeness (QED) is 0.904. The average Bonchev–Trinajstić information content (AvgIpc) is 2.43. The zero-order valence-electron chi connectivity index (χ0n) is 14.0. The smallest absolute Gasteiger partial charge is 0.410 e. The van der Waals surface area contributed by atoms with E-state index >= 15 is 0 Å². The van der Waals surface area contributed by atoms with Gasteiger partial charge in [0.1, 0.15) is 6.61 Å². The fraction of sp³-hybridized carbons (Fsp3) is 0.588. The molecule has 0 spiro atoms. The molecule has 0 saturated heterocycles. The van der Waals surface area contributed by atoms with Gasteiger partial charge in [0, 0.05) is 17.6 Å². The van der Waals surface area contributed by atoms with Crippen LogP contribution < -0.4 is 5.32 Å². The van der Waals surface area contributed by atoms with Crippen molar-refractivity contribution in [2.24, 2.45) is 0 Å². The van der Waals surface area contributed by atoms with Gasteiger partial charge in [0.25, 0.3) is 0 Å². The van der Waals surface area contributed by atoms with E-state index in [1.165, 1.54) is 0 Å². The third kappa shape index (κ3) is 5.05. The van der Waals surface area contributed by atoms with Crippen LogP contribution in [0.4, 0.5) is 4.79 Å². The first-order valence-electron chi connectivity index (χ1n) is 7.44. The van der Waals surface area contributed by atoms with Gasteiger partial charge in [0.05, 0.1) is 0 Å². The van der Waals surface area contributed by atoms with Gasteiger partial charge < -0.3 is 10.1 Å². The Morgan fingerprint density at radius 2 is 1.81 bits per heavy atom. The van der Waals surface area contributed by atoms with E-state index in [0.29, 0.717) is 6.61 Å². The zero-order valence-corrected chi connectivity index (χ0v) is 14.0. The Balaban J connectivity index is 2.77. The molecule has 1 aromatic rings. The van der Waals surface area contributed by atoms with Crippen molar-refractivity contribution in [3.8, 4) is 0 Å². The highest BCUT2D eigenvalue weighted by Gasteiger charge is 2.34. The van der Waals surface area contributed by atoms with E-state index in [1.807, 2.05) is 65.1 Å². The first-order chi connectivity index (χ1) is 9.77. The first kappa shape index (κ1) is 17.5. The molecule has 0 aliphatic heterocycles. The van der Waals surface area contributed by atoms with Crippen molar-refractivity contribution in [2.75, 3.05) is 7.05 Å². The third-order valence-electron chi connectivity index (χ3n) is 3.71. The number of carbonyl (C=O) groups excluding carboxylic acids is 1. The highest BCUT2D eigenvalue weighted by atomic mass is 16.6. The zero-order chi connectivity index (χ0) is 16.0. The van der Waals surface area contributed by atoms with E-state index in [0.717, 1.165) is 5.56 Å². The second-order valence-corrected chi connectivity index (χ2v) is 6.40. The summed E-state index contributed by atoms with van der Waals surface area (Å²) in [6.45, 7) is 10.5. The molecule has 21 heavy (non-hydrogen) atoms. The van der Waals surface area contributed by atoms with Crippen LogP contribution in [-0.2, 0) is 11.3 Å². The van der Waals surface area contributed by atoms with Gasteiger partial charge in [-0.05, 0) is 47.2 Å². The SMILES string of the molecule is CNC(C)C(C)N(C(=O)OCc1ccccc1)C(C)(C)C. The van der Waals surface area contributed by atoms with Gasteiger partial charge in [0.2, 0.25) is 0 Å². The predicted molar refractivity (Wildman–Crippen MR) is 86.2 cm³/mol. The number of ether oxygens (including phenoxy) is 1. The van der Waals surface area contributed by atoms with Crippen LogP contribution in [0.2, 0.25) is 0 Å². The fourth-order valence-corrected chi connectivity index (χ4v) is 2.30. The lowest BCUT2D eigenvalue weighted by atomic mass is 10.0. The number of likely N-dealkylation sites (N-methyl/N-ethyl adjacent to an activating group) is 1. The molecule has 1 amide bonds. The van der Waals surface area contributed by atoms with Gasteiger partial charge in [-0.15, -0.1) is 0 Å². The van der Waals surface area contributed by atoms with E-state index in [9.17, 15) is 4.79 Å². The molecule has 0 fully saturated rings. The van der Waals surface area contributed by atoms with Crippen molar-refractivity contribution in [2.45, 2.75) is 58.8 Å². The lowest BCUT2D eigenvalue weighted by Crippen LogP contribution is -2.56. The molecule has 2 unspecified atom stereocenters. The Labute approximate surface area is 128 Å². The summed E-state index contributed by atoms with van der Waals surface area (Å²) in [4.78, 5) is 14.3. The molecule has 0 saturated carbocycles. The van der Waals surface area contributed by atoms with Gasteiger partial charge in [-0.3, -0.25) is 4.90 Å². The molecule has 2 atom stereocenters. The molecule has 1 N–H and O–H groups in total. The van der Waals surface area contributed by atoms with Crippen molar-refractivity contribution in [3.05, 3.63) is 35.9 Å². The van der Waals surface area contributed by atoms with Crippen molar-refractivity contribution in [1.29, 1.82) is 0 Å². The van der Waals surface area contributed by atoms with Crippen LogP contribution >= 0.6 is 0 Å². The lowest BCUT2D eigenvalue weighted by Gasteiger charge is -2.41. The summed E-state index contributed by atoms with van der Waals surface area (Å²) in [5.41, 5.74) is 0.701. The summed E-state index contributed by atoms with van der Waals surface area (Å²) in [7, 11) is 1.90. The van der Waals surface area contributed by atoms with E-state index in [-0.39, 0.29) is 23.7 Å². The highest BCUT2D eigenvalue weighted by molar-refractivity contribution is 5.69. The van der Waals surface area contributed by atoms with Crippen LogP contribution in [0.5, 0.6) is 0 Å². The minimum atomic E-state index is -0.293. The monoisotopic (exact) mass is 292 g/mol. The molecule has 0 bridgehead atoms. The second-order valence-electron chi connectivity index (χ2n) is 6.40. The number of nitrogens with one attached hydrogen (secondary N) is 1. The molecular weight excluding hydrogens is 264 g/mol. The Morgan fingerprint density at radius 3 is 2.29 bits per heavy atom. The number of carbonyl (C=O) groups is 1. The summed E-state index contributed by atoms with van der Waals surface area (Å²) >= 11 is 0. The highest BCUT2D eigenvalue weighted by Crippen LogP contribution is 2.21. The topological polar surface area (TPSA) is 41.6 Å². The largest absolute Gasteiger partial charge is 0.445 e. The maximum absolute atomic E-state index is 12.5. The van der Waals surface area contributed by atoms with Crippen LogP contribution in [-0.4, -0.2) is 35.7 Å². The normalized spacial score (nSPS) is 14.4. The first-order valence-corrected chi connectivity index (χ1v) is 7.44. The Hall–Kier alpha value is -1.55. The molecule has 4 heteroatoms. The molecule has 0 aliphatic rings. The molecular formula is C17H28N2O2. The Bertz CT molecular complexity index is 440. The van der Waals surface area contributed by atoms with E-state index in [1.54, 1.807) is 4.90 Å². The summed E-state index contributed by atoms with van der Waals surface area (Å²) in [5, 5.41) is 3.20. The Morgan fingerprint density at radius 1 is 1.24 bits per heavy atom. The molecule has 118 valence electrons. The van der Waals surface area contributed by atoms with Crippen molar-refractivity contribution in [3.63, 3.8) is 0 Å². The van der Waals surface area contributed by atoms with Gasteiger partial charge in [-0.25, -0.2) is 4.79 Å². The predicted octanol–water partition coefficient (Wildman–Crippen LogP) is 3.42. The van der Waals surface area contributed by atoms with Crippen LogP contribution in [0, 0.1) is 0 Å². The van der Waals surface area contributed by atoms with Gasteiger partial charge in [0.15, 0.2) is 0 Å². The molecule has 0 radical (unpaired) electrons. The average molecular weight is 292 g/mol. The molecule has 1 rings (SSSR count). The van der Waals surface area contributed by atoms with Gasteiger partial charge in [-0.1, -0.05) is 30.3 Å². The molecule has 0 aromatic heterocycles. The molecule has 0 aliphatic carbocycles. The molecule has 0 heterocycles. The summed E-state index contributed by atoms with van der Waals surface area (Å²) in [5.74, 6) is 0. The molecule has 1 aromatic carbocycles. The molecule has 4 nitrogen and oxygen atoms in total. The number of amides is 1. The number of nitrogens with zero attached hydrogens (tertiary/aromatic N) is 1. The van der Waals surface area contributed by atoms with Gasteiger partial charge >= 0.3 is 6.09 Å². The van der Waals surface area contributed by atoms with Crippen LogP contribution in [0.3, 0.4) is 0 Å². The number of hydrogen-bond acceptors (Lipinski definition) is 3. The fourth-order valence-electron chi connectivity index (χ4n) is 2.30. The van der Waals surface area contributed by atoms with Crippen molar-refractivity contribution >= 4 is 6.09 Å². The summed E-state index contributed by atoms with van der Waals surface area (Å²) in [6.07, 6.45) is -0.277. The van der Waals surface area contributed by atoms with Crippen LogP contribution in [0.1, 0.15) is 40.2 Å². The summed E-state index contributed by atoms with van der Waals surface area (Å²) < 4.78 is 5.49. The number of rotatable bonds is 5. The van der Waals surface area contributed by atoms with E-state index in [2.05, 4.69) is 12.2 Å². The second kappa shape index (κ2) is 7.46. The van der Waals surface area contributed by atoms with Crippen molar-refractivity contribution < 1.29 is 9.53 Å². The van der Waals surface area contributed by atoms with E-state index in [4.69, 9.17) is 4.74 Å². The standard InChI is InChI=1S/C17H28N2O2/c1-13(18-6)14(2)19(17(3,4)5)16(20)21-12-15-10-8-7-9-11-15/h7-11,13-14,18H,12H2,1-6H3. The third-order valence-corrected chi connectivity index (χ3v) is 3.71. The maximum atomic E-state index is 12.5. The van der Waals surface area contributed by atoms with E-state index < -0.39 is 0 Å². The number of hydrogen-bond donors (Lipinski definition) is 1. The minimum Gasteiger partial charge on any atom is -0.445 e. The number of benzene rings is 1. The Kier molecular flexibility index (Phi) is 6.21. The minimum absolute atomic E-state index is 0.0401.